The minimum atomic E-state index is -1.95. The van der Waals surface area contributed by atoms with Gasteiger partial charge in [0.2, 0.25) is 0 Å². The number of hydrogen-bond acceptors (Lipinski definition) is 5. The molecule has 5 nitrogen and oxygen atoms in total. The second-order valence-electron chi connectivity index (χ2n) is 13.6. The Bertz CT molecular complexity index is 689. The van der Waals surface area contributed by atoms with Crippen LogP contribution in [-0.4, -0.2) is 52.6 Å². The van der Waals surface area contributed by atoms with Crippen LogP contribution in [0.3, 0.4) is 0 Å². The van der Waals surface area contributed by atoms with Gasteiger partial charge in [-0.15, -0.1) is 0 Å². The third-order valence-corrected chi connectivity index (χ3v) is 13.0. The Morgan fingerprint density at radius 3 is 1.97 bits per heavy atom. The minimum Gasteiger partial charge on any atom is -0.466 e. The SMILES string of the molecule is CCCCC[C@H](C/C=C(\C)[C@@H](O[Si](C)(C)C)C(C)(C)[C@H](O)[C@@H](C)C(=O)OCC)O[Si](C)(C)C(C)(C)C. The molecule has 0 radical (unpaired) electrons. The smallest absolute Gasteiger partial charge is 0.311 e. The van der Waals surface area contributed by atoms with Crippen LogP contribution in [0.15, 0.2) is 11.6 Å². The Hall–Kier alpha value is -0.476. The molecule has 0 aromatic carbocycles. The lowest BCUT2D eigenvalue weighted by Gasteiger charge is -2.43. The lowest BCUT2D eigenvalue weighted by atomic mass is 9.73. The molecule has 0 aliphatic carbocycles. The van der Waals surface area contributed by atoms with Gasteiger partial charge in [-0.25, -0.2) is 0 Å². The van der Waals surface area contributed by atoms with Gasteiger partial charge in [-0.1, -0.05) is 66.9 Å². The van der Waals surface area contributed by atoms with E-state index in [0.717, 1.165) is 18.4 Å². The summed E-state index contributed by atoms with van der Waals surface area (Å²) in [4.78, 5) is 12.4. The summed E-state index contributed by atoms with van der Waals surface area (Å²) in [5.74, 6) is -1.01. The zero-order valence-electron chi connectivity index (χ0n) is 26.2. The Balaban J connectivity index is 6.05. The van der Waals surface area contributed by atoms with Crippen LogP contribution in [-0.2, 0) is 18.4 Å². The van der Waals surface area contributed by atoms with Crippen LogP contribution in [0.4, 0.5) is 0 Å². The van der Waals surface area contributed by atoms with Crippen molar-refractivity contribution in [3.05, 3.63) is 11.6 Å². The van der Waals surface area contributed by atoms with Crippen LogP contribution in [0.2, 0.25) is 37.8 Å². The molecule has 0 fully saturated rings. The third kappa shape index (κ3) is 11.5. The van der Waals surface area contributed by atoms with E-state index < -0.39 is 34.1 Å². The van der Waals surface area contributed by atoms with Crippen molar-refractivity contribution in [2.45, 2.75) is 151 Å². The molecule has 7 heteroatoms. The highest BCUT2D eigenvalue weighted by atomic mass is 28.4. The molecule has 0 saturated carbocycles. The molecule has 0 aliphatic heterocycles. The molecule has 4 atom stereocenters. The van der Waals surface area contributed by atoms with Gasteiger partial charge in [-0.3, -0.25) is 4.79 Å². The van der Waals surface area contributed by atoms with E-state index in [1.54, 1.807) is 13.8 Å². The van der Waals surface area contributed by atoms with Crippen LogP contribution in [0.25, 0.3) is 0 Å². The van der Waals surface area contributed by atoms with Gasteiger partial charge in [0, 0.05) is 11.5 Å². The Morgan fingerprint density at radius 1 is 0.972 bits per heavy atom. The van der Waals surface area contributed by atoms with E-state index in [1.165, 1.54) is 19.3 Å². The van der Waals surface area contributed by atoms with E-state index in [4.69, 9.17) is 13.6 Å². The van der Waals surface area contributed by atoms with Crippen molar-refractivity contribution < 1.29 is 23.5 Å². The van der Waals surface area contributed by atoms with Crippen LogP contribution in [0, 0.1) is 11.3 Å². The number of carbonyl (C=O) groups excluding carboxylic acids is 1. The lowest BCUT2D eigenvalue weighted by molar-refractivity contribution is -0.156. The maximum absolute atomic E-state index is 12.4. The fraction of sp³-hybridized carbons (Fsp3) is 0.897. The predicted octanol–water partition coefficient (Wildman–Crippen LogP) is 8.10. The van der Waals surface area contributed by atoms with Crippen LogP contribution >= 0.6 is 0 Å². The van der Waals surface area contributed by atoms with Gasteiger partial charge in [-0.05, 0) is 77.0 Å². The molecule has 36 heavy (non-hydrogen) atoms. The van der Waals surface area contributed by atoms with E-state index >= 15 is 0 Å². The fourth-order valence-electron chi connectivity index (χ4n) is 4.25. The van der Waals surface area contributed by atoms with Gasteiger partial charge in [0.05, 0.1) is 24.7 Å². The highest BCUT2D eigenvalue weighted by Gasteiger charge is 2.45. The summed E-state index contributed by atoms with van der Waals surface area (Å²) in [7, 11) is -3.85. The normalized spacial score (nSPS) is 17.5. The molecular formula is C29H60O5Si2. The van der Waals surface area contributed by atoms with Crippen molar-refractivity contribution in [2.75, 3.05) is 6.61 Å². The summed E-state index contributed by atoms with van der Waals surface area (Å²) < 4.78 is 18.8. The largest absolute Gasteiger partial charge is 0.466 e. The Kier molecular flexibility index (Phi) is 14.4. The number of ether oxygens (including phenoxy) is 1. The maximum Gasteiger partial charge on any atom is 0.311 e. The standard InChI is InChI=1S/C29H60O5Si2/c1-15-17-18-19-24(33-36(13,14)28(5,6)7)21-20-22(3)26(34-35(10,11)12)29(8,9)25(30)23(4)27(31)32-16-2/h20,23-26,30H,15-19,21H2,1-14H3/b22-20+/t23-,24-,25-,26-/m1/s1. The Labute approximate surface area is 226 Å². The first-order valence-electron chi connectivity index (χ1n) is 14.1. The maximum atomic E-state index is 12.4. The molecule has 0 bridgehead atoms. The number of hydrogen-bond donors (Lipinski definition) is 1. The molecule has 0 aromatic heterocycles. The second-order valence-corrected chi connectivity index (χ2v) is 22.8. The Morgan fingerprint density at radius 2 is 1.53 bits per heavy atom. The van der Waals surface area contributed by atoms with Crippen molar-refractivity contribution >= 4 is 22.6 Å². The quantitative estimate of drug-likeness (QED) is 0.0920. The first-order chi connectivity index (χ1) is 16.2. The monoisotopic (exact) mass is 544 g/mol. The van der Waals surface area contributed by atoms with Crippen LogP contribution in [0.1, 0.15) is 94.4 Å². The second kappa shape index (κ2) is 14.6. The van der Waals surface area contributed by atoms with Crippen LogP contribution < -0.4 is 0 Å². The van der Waals surface area contributed by atoms with Crippen molar-refractivity contribution in [1.29, 1.82) is 0 Å². The van der Waals surface area contributed by atoms with Gasteiger partial charge in [0.25, 0.3) is 0 Å². The van der Waals surface area contributed by atoms with Gasteiger partial charge in [0.1, 0.15) is 0 Å². The highest BCUT2D eigenvalue weighted by Crippen LogP contribution is 2.40. The zero-order valence-corrected chi connectivity index (χ0v) is 28.2. The molecule has 0 unspecified atom stereocenters. The lowest BCUT2D eigenvalue weighted by Crippen LogP contribution is -2.50. The van der Waals surface area contributed by atoms with E-state index in [0.29, 0.717) is 6.61 Å². The van der Waals surface area contributed by atoms with Gasteiger partial charge in [0.15, 0.2) is 16.6 Å². The molecule has 0 aliphatic rings. The van der Waals surface area contributed by atoms with Gasteiger partial charge in [-0.2, -0.15) is 0 Å². The number of esters is 1. The van der Waals surface area contributed by atoms with E-state index in [9.17, 15) is 9.90 Å². The topological polar surface area (TPSA) is 65.0 Å². The van der Waals surface area contributed by atoms with Gasteiger partial charge >= 0.3 is 5.97 Å². The summed E-state index contributed by atoms with van der Waals surface area (Å²) in [5.41, 5.74) is 0.419. The van der Waals surface area contributed by atoms with E-state index in [1.807, 2.05) is 13.8 Å². The summed E-state index contributed by atoms with van der Waals surface area (Å²) in [6, 6.07) is 0. The third-order valence-electron chi connectivity index (χ3n) is 7.55. The van der Waals surface area contributed by atoms with E-state index in [2.05, 4.69) is 73.4 Å². The minimum absolute atomic E-state index is 0.160. The molecule has 0 spiro atoms. The molecule has 0 saturated heterocycles. The number of aliphatic hydroxyl groups is 1. The molecule has 0 rings (SSSR count). The summed E-state index contributed by atoms with van der Waals surface area (Å²) >= 11 is 0. The first-order valence-corrected chi connectivity index (χ1v) is 20.4. The van der Waals surface area contributed by atoms with Crippen molar-refractivity contribution in [3.8, 4) is 0 Å². The molecule has 0 amide bonds. The molecule has 0 heterocycles. The average Bonchev–Trinajstić information content (AvgIpc) is 2.73. The first kappa shape index (κ1) is 35.5. The summed E-state index contributed by atoms with van der Waals surface area (Å²) in [6.45, 7) is 30.2. The number of aliphatic hydroxyl groups excluding tert-OH is 1. The molecule has 1 N–H and O–H groups in total. The van der Waals surface area contributed by atoms with Crippen molar-refractivity contribution in [2.24, 2.45) is 11.3 Å². The van der Waals surface area contributed by atoms with E-state index in [-0.39, 0.29) is 23.2 Å². The summed E-state index contributed by atoms with van der Waals surface area (Å²) in [5, 5.41) is 11.5. The van der Waals surface area contributed by atoms with Gasteiger partial charge < -0.3 is 18.7 Å². The molecule has 214 valence electrons. The zero-order chi connectivity index (χ0) is 28.5. The number of unbranched alkanes of at least 4 members (excludes halogenated alkanes) is 2. The number of carbonyl (C=O) groups is 1. The van der Waals surface area contributed by atoms with Crippen LogP contribution in [0.5, 0.6) is 0 Å². The molecule has 0 aromatic rings. The average molecular weight is 545 g/mol. The fourth-order valence-corrected chi connectivity index (χ4v) is 6.85. The molecular weight excluding hydrogens is 484 g/mol. The van der Waals surface area contributed by atoms with Crippen molar-refractivity contribution in [1.82, 2.24) is 0 Å². The summed E-state index contributed by atoms with van der Waals surface area (Å²) in [6.07, 6.45) is 6.68. The van der Waals surface area contributed by atoms with Crippen molar-refractivity contribution in [3.63, 3.8) is 0 Å². The predicted molar refractivity (Wildman–Crippen MR) is 158 cm³/mol. The highest BCUT2D eigenvalue weighted by molar-refractivity contribution is 6.74. The number of rotatable bonds is 16.